The molecule has 0 aromatic rings. The number of rotatable bonds is 0. The molecule has 0 spiro atoms. The molecular weight excluding hydrogens is 110 g/mol. The largest absolute Gasteiger partial charge is 0 e. The second kappa shape index (κ2) is 17.5. The summed E-state index contributed by atoms with van der Waals surface area (Å²) in [5.74, 6) is 0. The van der Waals surface area contributed by atoms with E-state index in [4.69, 9.17) is 0 Å². The molecule has 4 heteroatoms. The van der Waals surface area contributed by atoms with Gasteiger partial charge in [-0.05, 0) is 0 Å². The van der Waals surface area contributed by atoms with Crippen LogP contribution < -0.4 is 0 Å². The van der Waals surface area contributed by atoms with Crippen molar-refractivity contribution in [1.29, 1.82) is 0 Å². The Morgan fingerprint density at radius 1 is 0.500 bits per heavy atom. The molecule has 0 heterocycles. The van der Waals surface area contributed by atoms with Crippen molar-refractivity contribution in [2.75, 3.05) is 0 Å². The second-order valence-corrected chi connectivity index (χ2v) is 0. The van der Waals surface area contributed by atoms with Gasteiger partial charge < -0.3 is 0 Å². The maximum absolute atomic E-state index is 0. The molecule has 0 aromatic carbocycles. The van der Waals surface area contributed by atoms with Gasteiger partial charge in [-0.2, -0.15) is 0 Å². The van der Waals surface area contributed by atoms with Gasteiger partial charge in [-0.3, -0.25) is 0 Å². The number of hydrogen-bond donors (Lipinski definition) is 0. The maximum atomic E-state index is 0. The molecule has 0 aliphatic carbocycles. The van der Waals surface area contributed by atoms with E-state index >= 15 is 0 Å². The first-order valence-corrected chi connectivity index (χ1v) is 0. The predicted octanol–water partition coefficient (Wildman–Crippen LogP) is -1.30. The summed E-state index contributed by atoms with van der Waals surface area (Å²) in [5.41, 5.74) is 0. The van der Waals surface area contributed by atoms with Crippen LogP contribution in [0.3, 0.4) is 0 Å². The fourth-order valence-electron chi connectivity index (χ4n) is 0. The van der Waals surface area contributed by atoms with Crippen molar-refractivity contribution in [3.63, 3.8) is 0 Å². The minimum absolute atomic E-state index is 0. The molecule has 0 aromatic heterocycles. The van der Waals surface area contributed by atoms with E-state index in [0.29, 0.717) is 0 Å². The molecule has 0 atom stereocenters. The average molecular weight is 112 g/mol. The summed E-state index contributed by atoms with van der Waals surface area (Å²) in [6.45, 7) is 0. The third kappa shape index (κ3) is 8.82. The smallest absolute Gasteiger partial charge is 0 e. The zero-order valence-electron chi connectivity index (χ0n) is 1.00. The monoisotopic (exact) mass is 112 g/mol. The van der Waals surface area contributed by atoms with Crippen LogP contribution in [0, 0.1) is 0 Å². The third-order valence-electron chi connectivity index (χ3n) is 0. The second-order valence-electron chi connectivity index (χ2n) is 0. The van der Waals surface area contributed by atoms with Crippen molar-refractivity contribution in [2.45, 2.75) is 0 Å². The van der Waals surface area contributed by atoms with E-state index in [1.165, 1.54) is 0 Å². The first kappa shape index (κ1) is 30.4. The van der Waals surface area contributed by atoms with E-state index in [1.807, 2.05) is 0 Å². The molecule has 0 radical (unpaired) electrons. The number of hydrogen-bond acceptors (Lipinski definition) is 0. The molecule has 0 aliphatic heterocycles. The molecule has 0 nitrogen and oxygen atoms in total. The van der Waals surface area contributed by atoms with Crippen LogP contribution in [0.2, 0.25) is 0 Å². The van der Waals surface area contributed by atoms with Gasteiger partial charge in [0.2, 0.25) is 0 Å². The summed E-state index contributed by atoms with van der Waals surface area (Å²) in [7, 11) is 0. The summed E-state index contributed by atoms with van der Waals surface area (Å²) in [4.78, 5) is 0. The minimum Gasteiger partial charge on any atom is 0 e. The predicted molar refractivity (Wildman–Crippen MR) is 14.3 cm³/mol. The standard InChI is InChI=1S/2Li.2Ti.2H. The Hall–Kier alpha value is 2.62. The molecular formula is H2Li2Ti2. The molecule has 0 N–H and O–H groups in total. The fraction of sp³-hybridized carbons (Fsp3) is 0. The summed E-state index contributed by atoms with van der Waals surface area (Å²) < 4.78 is 0. The van der Waals surface area contributed by atoms with Crippen molar-refractivity contribution in [1.82, 2.24) is 0 Å². The molecule has 0 aliphatic rings. The van der Waals surface area contributed by atoms with Crippen LogP contribution in [0.1, 0.15) is 0 Å². The first-order chi connectivity index (χ1) is 0. The van der Waals surface area contributed by atoms with Crippen molar-refractivity contribution in [2.24, 2.45) is 0 Å². The SMILES string of the molecule is [LiH].[LiH].[Ti].[Ti]. The molecule has 0 fully saturated rings. The first-order valence-electron chi connectivity index (χ1n) is 0. The zero-order chi connectivity index (χ0) is 0. The summed E-state index contributed by atoms with van der Waals surface area (Å²) >= 11 is 0. The Morgan fingerprint density at radius 2 is 0.500 bits per heavy atom. The molecule has 4 heavy (non-hydrogen) atoms. The van der Waals surface area contributed by atoms with Gasteiger partial charge in [0.15, 0.2) is 0 Å². The Labute approximate surface area is 80.0 Å². The summed E-state index contributed by atoms with van der Waals surface area (Å²) in [6, 6.07) is 0. The molecule has 0 unspecified atom stereocenters. The van der Waals surface area contributed by atoms with Gasteiger partial charge in [-0.15, -0.1) is 0 Å². The minimum atomic E-state index is 0. The molecule has 0 amide bonds. The molecule has 0 rings (SSSR count). The van der Waals surface area contributed by atoms with Gasteiger partial charge in [0, 0.05) is 43.4 Å². The molecule has 12 valence electrons. The molecule has 0 saturated carbocycles. The van der Waals surface area contributed by atoms with Crippen LogP contribution in [-0.4, -0.2) is 37.7 Å². The van der Waals surface area contributed by atoms with Gasteiger partial charge in [-0.1, -0.05) is 0 Å². The average Bonchev–Trinajstić information content (AvgIpc) is 0. The quantitative estimate of drug-likeness (QED) is 0.341. The Bertz CT molecular complexity index is 4.00. The molecule has 0 bridgehead atoms. The van der Waals surface area contributed by atoms with Gasteiger partial charge >= 0.3 is 37.7 Å². The van der Waals surface area contributed by atoms with Gasteiger partial charge in [-0.25, -0.2) is 0 Å². The summed E-state index contributed by atoms with van der Waals surface area (Å²) in [5, 5.41) is 0. The van der Waals surface area contributed by atoms with Crippen LogP contribution in [0.15, 0.2) is 0 Å². The summed E-state index contributed by atoms with van der Waals surface area (Å²) in [6.07, 6.45) is 0. The topological polar surface area (TPSA) is 0 Å². The Balaban J connectivity index is 0. The van der Waals surface area contributed by atoms with Crippen molar-refractivity contribution < 1.29 is 43.4 Å². The van der Waals surface area contributed by atoms with Gasteiger partial charge in [0.05, 0.1) is 0 Å². The van der Waals surface area contributed by atoms with Crippen LogP contribution in [0.4, 0.5) is 0 Å². The Morgan fingerprint density at radius 3 is 0.500 bits per heavy atom. The normalized spacial score (nSPS) is 0. The van der Waals surface area contributed by atoms with Crippen molar-refractivity contribution in [3.05, 3.63) is 0 Å². The van der Waals surface area contributed by atoms with E-state index < -0.39 is 0 Å². The third-order valence-corrected chi connectivity index (χ3v) is 0. The van der Waals surface area contributed by atoms with Crippen LogP contribution >= 0.6 is 0 Å². The van der Waals surface area contributed by atoms with Gasteiger partial charge in [0.25, 0.3) is 0 Å². The van der Waals surface area contributed by atoms with Crippen LogP contribution in [-0.2, 0) is 43.4 Å². The Kier molecular flexibility index (Phi) is 133. The van der Waals surface area contributed by atoms with E-state index in [1.54, 1.807) is 0 Å². The van der Waals surface area contributed by atoms with Crippen molar-refractivity contribution >= 4 is 37.7 Å². The zero-order valence-corrected chi connectivity index (χ0v) is 4.12. The van der Waals surface area contributed by atoms with E-state index in [2.05, 4.69) is 0 Å². The van der Waals surface area contributed by atoms with Crippen LogP contribution in [0.25, 0.3) is 0 Å². The van der Waals surface area contributed by atoms with E-state index in [-0.39, 0.29) is 81.2 Å². The van der Waals surface area contributed by atoms with Gasteiger partial charge in [0.1, 0.15) is 0 Å². The molecule has 0 saturated heterocycles. The maximum Gasteiger partial charge on any atom is 0 e. The van der Waals surface area contributed by atoms with E-state index in [9.17, 15) is 0 Å². The van der Waals surface area contributed by atoms with E-state index in [0.717, 1.165) is 0 Å². The fourth-order valence-corrected chi connectivity index (χ4v) is 0. The van der Waals surface area contributed by atoms with Crippen LogP contribution in [0.5, 0.6) is 0 Å². The van der Waals surface area contributed by atoms with Crippen molar-refractivity contribution in [3.8, 4) is 0 Å².